The molecule has 0 bridgehead atoms. The first-order valence-corrected chi connectivity index (χ1v) is 9.41. The van der Waals surface area contributed by atoms with E-state index in [4.69, 9.17) is 0 Å². The van der Waals surface area contributed by atoms with Gasteiger partial charge < -0.3 is 0 Å². The monoisotopic (exact) mass is 382 g/mol. The van der Waals surface area contributed by atoms with E-state index in [0.717, 1.165) is 11.1 Å². The number of hydrogen-bond donors (Lipinski definition) is 0. The molecule has 2 aromatic rings. The first-order chi connectivity index (χ1) is 12.8. The summed E-state index contributed by atoms with van der Waals surface area (Å²) in [6.45, 7) is 5.73. The summed E-state index contributed by atoms with van der Waals surface area (Å²) in [5.74, 6) is -0.133. The van der Waals surface area contributed by atoms with Crippen LogP contribution in [-0.2, 0) is 9.59 Å². The lowest BCUT2D eigenvalue weighted by atomic mass is 10.1. The predicted octanol–water partition coefficient (Wildman–Crippen LogP) is 4.25. The first kappa shape index (κ1) is 18.8. The molecule has 0 spiro atoms. The molecule has 2 aromatic carbocycles. The average molecular weight is 382 g/mol. The van der Waals surface area contributed by atoms with Crippen molar-refractivity contribution in [3.05, 3.63) is 74.2 Å². The van der Waals surface area contributed by atoms with Crippen molar-refractivity contribution < 1.29 is 14.5 Å². The number of imide groups is 1. The smallest absolute Gasteiger partial charge is 0.268 e. The van der Waals surface area contributed by atoms with Crippen molar-refractivity contribution in [2.45, 2.75) is 20.8 Å². The van der Waals surface area contributed by atoms with Gasteiger partial charge >= 0.3 is 0 Å². The number of benzene rings is 2. The van der Waals surface area contributed by atoms with Crippen LogP contribution in [0.2, 0.25) is 0 Å². The second kappa shape index (κ2) is 7.36. The number of non-ortho nitro benzene ring substituents is 1. The molecule has 1 aliphatic rings. The molecule has 6 nitrogen and oxygen atoms in total. The fraction of sp³-hybridized carbons (Fsp3) is 0.200. The second-order valence-electron chi connectivity index (χ2n) is 6.23. The summed E-state index contributed by atoms with van der Waals surface area (Å²) < 4.78 is 0. The van der Waals surface area contributed by atoms with E-state index < -0.39 is 10.8 Å². The van der Waals surface area contributed by atoms with Crippen molar-refractivity contribution in [2.75, 3.05) is 10.7 Å². The van der Waals surface area contributed by atoms with Gasteiger partial charge in [0.2, 0.25) is 0 Å². The average Bonchev–Trinajstić information content (AvgIpc) is 2.85. The number of rotatable bonds is 5. The summed E-state index contributed by atoms with van der Waals surface area (Å²) in [6.07, 6.45) is 0. The summed E-state index contributed by atoms with van der Waals surface area (Å²) in [7, 11) is 0. The Bertz CT molecular complexity index is 960. The van der Waals surface area contributed by atoms with E-state index in [9.17, 15) is 19.7 Å². The van der Waals surface area contributed by atoms with Gasteiger partial charge in [-0.05, 0) is 60.6 Å². The maximum absolute atomic E-state index is 13.1. The van der Waals surface area contributed by atoms with Crippen molar-refractivity contribution in [3.63, 3.8) is 0 Å². The fourth-order valence-electron chi connectivity index (χ4n) is 3.11. The number of thioether (sulfide) groups is 1. The van der Waals surface area contributed by atoms with Gasteiger partial charge in [-0.1, -0.05) is 13.0 Å². The molecule has 1 heterocycles. The first-order valence-electron chi connectivity index (χ1n) is 8.42. The number of aryl methyl sites for hydroxylation is 2. The van der Waals surface area contributed by atoms with Crippen molar-refractivity contribution >= 4 is 40.5 Å². The van der Waals surface area contributed by atoms with Crippen molar-refractivity contribution in [2.24, 2.45) is 0 Å². The van der Waals surface area contributed by atoms with Crippen LogP contribution in [0.5, 0.6) is 0 Å². The molecule has 1 aliphatic heterocycles. The van der Waals surface area contributed by atoms with Crippen LogP contribution in [0.4, 0.5) is 11.4 Å². The normalized spacial score (nSPS) is 14.3. The van der Waals surface area contributed by atoms with Crippen LogP contribution in [0.15, 0.2) is 47.4 Å². The highest BCUT2D eigenvalue weighted by atomic mass is 32.2. The molecule has 0 radical (unpaired) electrons. The molecular formula is C20H18N2O4S. The van der Waals surface area contributed by atoms with E-state index >= 15 is 0 Å². The molecule has 0 fully saturated rings. The highest BCUT2D eigenvalue weighted by Crippen LogP contribution is 2.39. The zero-order valence-electron chi connectivity index (χ0n) is 15.2. The van der Waals surface area contributed by atoms with E-state index in [-0.39, 0.29) is 11.6 Å². The van der Waals surface area contributed by atoms with Gasteiger partial charge in [0.15, 0.2) is 0 Å². The lowest BCUT2D eigenvalue weighted by molar-refractivity contribution is -0.384. The molecule has 0 aliphatic carbocycles. The topological polar surface area (TPSA) is 80.5 Å². The molecule has 138 valence electrons. The highest BCUT2D eigenvalue weighted by molar-refractivity contribution is 8.04. The molecule has 0 saturated heterocycles. The summed E-state index contributed by atoms with van der Waals surface area (Å²) >= 11 is 1.30. The third-order valence-electron chi connectivity index (χ3n) is 4.16. The summed E-state index contributed by atoms with van der Waals surface area (Å²) in [5, 5.41) is 10.9. The maximum atomic E-state index is 13.1. The van der Waals surface area contributed by atoms with E-state index in [1.165, 1.54) is 40.9 Å². The van der Waals surface area contributed by atoms with Gasteiger partial charge in [0, 0.05) is 12.1 Å². The number of hydrogen-bond acceptors (Lipinski definition) is 5. The van der Waals surface area contributed by atoms with Crippen LogP contribution in [0.3, 0.4) is 0 Å². The van der Waals surface area contributed by atoms with Gasteiger partial charge in [0.25, 0.3) is 17.5 Å². The molecule has 0 saturated carbocycles. The molecule has 0 aromatic heterocycles. The maximum Gasteiger partial charge on any atom is 0.272 e. The number of nitro benzene ring substituents is 1. The zero-order chi connectivity index (χ0) is 19.7. The summed E-state index contributed by atoms with van der Waals surface area (Å²) in [4.78, 5) is 38.1. The zero-order valence-corrected chi connectivity index (χ0v) is 16.0. The molecule has 27 heavy (non-hydrogen) atoms. The largest absolute Gasteiger partial charge is 0.272 e. The summed E-state index contributed by atoms with van der Waals surface area (Å²) in [6, 6.07) is 11.3. The Hall–Kier alpha value is -2.93. The van der Waals surface area contributed by atoms with E-state index in [1.54, 1.807) is 12.1 Å². The lowest BCUT2D eigenvalue weighted by Gasteiger charge is -2.16. The van der Waals surface area contributed by atoms with Gasteiger partial charge in [0.05, 0.1) is 21.1 Å². The minimum Gasteiger partial charge on any atom is -0.268 e. The molecule has 0 atom stereocenters. The van der Waals surface area contributed by atoms with Crippen LogP contribution in [0.25, 0.3) is 5.57 Å². The van der Waals surface area contributed by atoms with Gasteiger partial charge in [-0.15, -0.1) is 11.8 Å². The van der Waals surface area contributed by atoms with Gasteiger partial charge in [-0.2, -0.15) is 0 Å². The predicted molar refractivity (Wildman–Crippen MR) is 107 cm³/mol. The van der Waals surface area contributed by atoms with Crippen LogP contribution in [-0.4, -0.2) is 22.5 Å². The Balaban J connectivity index is 2.09. The third-order valence-corrected chi connectivity index (χ3v) is 5.12. The summed E-state index contributed by atoms with van der Waals surface area (Å²) in [5.41, 5.74) is 3.18. The lowest BCUT2D eigenvalue weighted by Crippen LogP contribution is -2.31. The number of nitro groups is 1. The standard InChI is InChI=1S/C20H18N2O4S/c1-4-27-18-17(14-5-7-15(8-6-14)22(25)26)19(23)21(20(18)24)16-10-12(2)9-13(3)11-16/h5-11H,4H2,1-3H3. The number of nitrogens with zero attached hydrogens (tertiary/aromatic N) is 2. The third kappa shape index (κ3) is 3.50. The van der Waals surface area contributed by atoms with Crippen LogP contribution in [0.1, 0.15) is 23.6 Å². The Kier molecular flexibility index (Phi) is 5.14. The minimum atomic E-state index is -0.497. The Morgan fingerprint density at radius 2 is 1.59 bits per heavy atom. The Morgan fingerprint density at radius 3 is 2.11 bits per heavy atom. The number of carbonyl (C=O) groups excluding carboxylic acids is 2. The van der Waals surface area contributed by atoms with Crippen LogP contribution < -0.4 is 4.90 Å². The van der Waals surface area contributed by atoms with E-state index in [2.05, 4.69) is 0 Å². The van der Waals surface area contributed by atoms with Crippen LogP contribution >= 0.6 is 11.8 Å². The van der Waals surface area contributed by atoms with Crippen molar-refractivity contribution in [3.8, 4) is 0 Å². The highest BCUT2D eigenvalue weighted by Gasteiger charge is 2.40. The number of amides is 2. The van der Waals surface area contributed by atoms with E-state index in [1.807, 2.05) is 26.8 Å². The minimum absolute atomic E-state index is 0.0630. The Morgan fingerprint density at radius 1 is 1.00 bits per heavy atom. The number of carbonyl (C=O) groups is 2. The van der Waals surface area contributed by atoms with Crippen molar-refractivity contribution in [1.29, 1.82) is 0 Å². The second-order valence-corrected chi connectivity index (χ2v) is 7.51. The molecule has 0 N–H and O–H groups in total. The van der Waals surface area contributed by atoms with Gasteiger partial charge in [-0.25, -0.2) is 4.90 Å². The SMILES string of the molecule is CCSC1=C(c2ccc([N+](=O)[O-])cc2)C(=O)N(c2cc(C)cc(C)c2)C1=O. The molecule has 3 rings (SSSR count). The molecule has 7 heteroatoms. The van der Waals surface area contributed by atoms with Crippen molar-refractivity contribution in [1.82, 2.24) is 0 Å². The molecular weight excluding hydrogens is 364 g/mol. The number of anilines is 1. The van der Waals surface area contributed by atoms with E-state index in [0.29, 0.717) is 27.5 Å². The van der Waals surface area contributed by atoms with Gasteiger partial charge in [0.1, 0.15) is 0 Å². The molecule has 2 amide bonds. The van der Waals surface area contributed by atoms with Crippen LogP contribution in [0, 0.1) is 24.0 Å². The Labute approximate surface area is 161 Å². The quantitative estimate of drug-likeness (QED) is 0.439. The molecule has 0 unspecified atom stereocenters. The fourth-order valence-corrected chi connectivity index (χ4v) is 3.96. The van der Waals surface area contributed by atoms with Gasteiger partial charge in [-0.3, -0.25) is 19.7 Å².